The van der Waals surface area contributed by atoms with Crippen molar-refractivity contribution < 1.29 is 9.15 Å². The summed E-state index contributed by atoms with van der Waals surface area (Å²) in [5.41, 5.74) is 6.78. The van der Waals surface area contributed by atoms with Crippen LogP contribution in [0.15, 0.2) is 27.4 Å². The fourth-order valence-electron chi connectivity index (χ4n) is 1.78. The van der Waals surface area contributed by atoms with E-state index in [-0.39, 0.29) is 5.43 Å². The van der Waals surface area contributed by atoms with Gasteiger partial charge in [0, 0.05) is 18.2 Å². The van der Waals surface area contributed by atoms with E-state index in [1.54, 1.807) is 19.1 Å². The van der Waals surface area contributed by atoms with Crippen molar-refractivity contribution >= 4 is 11.0 Å². The van der Waals surface area contributed by atoms with Crippen LogP contribution in [0.1, 0.15) is 11.3 Å². The summed E-state index contributed by atoms with van der Waals surface area (Å²) in [6, 6.07) is 4.99. The number of benzene rings is 1. The lowest BCUT2D eigenvalue weighted by molar-refractivity contribution is 0.326. The minimum Gasteiger partial charge on any atom is -0.492 e. The van der Waals surface area contributed by atoms with Crippen LogP contribution in [0.4, 0.5) is 0 Å². The van der Waals surface area contributed by atoms with Gasteiger partial charge in [0.1, 0.15) is 23.7 Å². The summed E-state index contributed by atoms with van der Waals surface area (Å²) in [5.74, 6) is 1.30. The van der Waals surface area contributed by atoms with Crippen molar-refractivity contribution in [3.05, 3.63) is 39.7 Å². The molecular formula is C13H15NO3. The summed E-state index contributed by atoms with van der Waals surface area (Å²) in [7, 11) is 0. The lowest BCUT2D eigenvalue weighted by atomic mass is 10.1. The van der Waals surface area contributed by atoms with Gasteiger partial charge in [-0.1, -0.05) is 0 Å². The van der Waals surface area contributed by atoms with Gasteiger partial charge in [-0.05, 0) is 26.0 Å². The Morgan fingerprint density at radius 2 is 2.12 bits per heavy atom. The second kappa shape index (κ2) is 4.59. The normalized spacial score (nSPS) is 10.8. The average Bonchev–Trinajstić information content (AvgIpc) is 2.29. The maximum absolute atomic E-state index is 11.8. The minimum atomic E-state index is -0.0303. The van der Waals surface area contributed by atoms with E-state index in [0.29, 0.717) is 35.6 Å². The summed E-state index contributed by atoms with van der Waals surface area (Å²) in [6.45, 7) is 4.53. The number of rotatable bonds is 3. The largest absolute Gasteiger partial charge is 0.492 e. The SMILES string of the molecule is Cc1cc(=O)c2ccc(OCCN)c(C)c2o1. The number of hydrogen-bond acceptors (Lipinski definition) is 4. The molecule has 2 rings (SSSR count). The standard InChI is InChI=1S/C13H15NO3/c1-8-7-11(15)10-3-4-12(16-6-5-14)9(2)13(10)17-8/h3-4,7H,5-6,14H2,1-2H3. The third-order valence-electron chi connectivity index (χ3n) is 2.59. The molecular weight excluding hydrogens is 218 g/mol. The smallest absolute Gasteiger partial charge is 0.192 e. The summed E-state index contributed by atoms with van der Waals surface area (Å²) in [4.78, 5) is 11.8. The predicted octanol–water partition coefficient (Wildman–Crippen LogP) is 1.75. The van der Waals surface area contributed by atoms with Crippen LogP contribution in [0.5, 0.6) is 5.75 Å². The predicted molar refractivity (Wildman–Crippen MR) is 66.5 cm³/mol. The molecule has 0 saturated carbocycles. The number of fused-ring (bicyclic) bond motifs is 1. The fourth-order valence-corrected chi connectivity index (χ4v) is 1.78. The first-order valence-corrected chi connectivity index (χ1v) is 5.50. The molecule has 1 aromatic carbocycles. The highest BCUT2D eigenvalue weighted by atomic mass is 16.5. The monoisotopic (exact) mass is 233 g/mol. The molecule has 0 atom stereocenters. The number of ether oxygens (including phenoxy) is 1. The summed E-state index contributed by atoms with van der Waals surface area (Å²) >= 11 is 0. The first-order valence-electron chi connectivity index (χ1n) is 5.50. The van der Waals surface area contributed by atoms with E-state index in [2.05, 4.69) is 0 Å². The molecule has 0 radical (unpaired) electrons. The number of hydrogen-bond donors (Lipinski definition) is 1. The average molecular weight is 233 g/mol. The molecule has 4 heteroatoms. The molecule has 0 spiro atoms. The maximum Gasteiger partial charge on any atom is 0.192 e. The van der Waals surface area contributed by atoms with Crippen molar-refractivity contribution in [3.8, 4) is 5.75 Å². The zero-order valence-electron chi connectivity index (χ0n) is 9.95. The van der Waals surface area contributed by atoms with Gasteiger partial charge >= 0.3 is 0 Å². The topological polar surface area (TPSA) is 65.5 Å². The van der Waals surface area contributed by atoms with E-state index in [1.807, 2.05) is 6.92 Å². The molecule has 0 bridgehead atoms. The first kappa shape index (κ1) is 11.7. The Labute approximate surface area is 99.0 Å². The van der Waals surface area contributed by atoms with E-state index in [0.717, 1.165) is 5.56 Å². The van der Waals surface area contributed by atoms with E-state index in [1.165, 1.54) is 6.07 Å². The van der Waals surface area contributed by atoms with Crippen LogP contribution in [0.3, 0.4) is 0 Å². The summed E-state index contributed by atoms with van der Waals surface area (Å²) in [6.07, 6.45) is 0. The van der Waals surface area contributed by atoms with Crippen molar-refractivity contribution in [1.29, 1.82) is 0 Å². The highest BCUT2D eigenvalue weighted by molar-refractivity contribution is 5.81. The Hall–Kier alpha value is -1.81. The third kappa shape index (κ3) is 2.17. The molecule has 2 N–H and O–H groups in total. The number of aryl methyl sites for hydroxylation is 2. The highest BCUT2D eigenvalue weighted by Crippen LogP contribution is 2.26. The Bertz CT molecular complexity index is 601. The molecule has 90 valence electrons. The van der Waals surface area contributed by atoms with Crippen LogP contribution >= 0.6 is 0 Å². The molecule has 0 aliphatic rings. The molecule has 0 aliphatic heterocycles. The van der Waals surface area contributed by atoms with Crippen LogP contribution in [0, 0.1) is 13.8 Å². The van der Waals surface area contributed by atoms with Crippen molar-refractivity contribution in [2.45, 2.75) is 13.8 Å². The third-order valence-corrected chi connectivity index (χ3v) is 2.59. The number of nitrogens with two attached hydrogens (primary N) is 1. The molecule has 0 unspecified atom stereocenters. The van der Waals surface area contributed by atoms with Crippen LogP contribution < -0.4 is 15.9 Å². The molecule has 2 aromatic rings. The quantitative estimate of drug-likeness (QED) is 0.877. The van der Waals surface area contributed by atoms with Gasteiger partial charge in [0.15, 0.2) is 5.43 Å². The van der Waals surface area contributed by atoms with Gasteiger partial charge in [-0.2, -0.15) is 0 Å². The van der Waals surface area contributed by atoms with Crippen molar-refractivity contribution in [2.24, 2.45) is 5.73 Å². The van der Waals surface area contributed by atoms with Gasteiger partial charge in [-0.3, -0.25) is 4.79 Å². The van der Waals surface area contributed by atoms with E-state index in [9.17, 15) is 4.79 Å². The van der Waals surface area contributed by atoms with Gasteiger partial charge in [0.05, 0.1) is 5.39 Å². The molecule has 0 aliphatic carbocycles. The first-order chi connectivity index (χ1) is 8.13. The zero-order chi connectivity index (χ0) is 12.4. The minimum absolute atomic E-state index is 0.0303. The van der Waals surface area contributed by atoms with Gasteiger partial charge in [-0.25, -0.2) is 0 Å². The fraction of sp³-hybridized carbons (Fsp3) is 0.308. The van der Waals surface area contributed by atoms with E-state index in [4.69, 9.17) is 14.9 Å². The van der Waals surface area contributed by atoms with Gasteiger partial charge in [0.2, 0.25) is 0 Å². The van der Waals surface area contributed by atoms with E-state index < -0.39 is 0 Å². The second-order valence-corrected chi connectivity index (χ2v) is 3.92. The molecule has 4 nitrogen and oxygen atoms in total. The molecule has 17 heavy (non-hydrogen) atoms. The lowest BCUT2D eigenvalue weighted by Gasteiger charge is -2.09. The molecule has 0 fully saturated rings. The van der Waals surface area contributed by atoms with Crippen molar-refractivity contribution in [2.75, 3.05) is 13.2 Å². The van der Waals surface area contributed by atoms with Crippen LogP contribution in [-0.2, 0) is 0 Å². The van der Waals surface area contributed by atoms with Crippen molar-refractivity contribution in [3.63, 3.8) is 0 Å². The maximum atomic E-state index is 11.8. The Morgan fingerprint density at radius 3 is 2.82 bits per heavy atom. The summed E-state index contributed by atoms with van der Waals surface area (Å²) in [5, 5.41) is 0.577. The van der Waals surface area contributed by atoms with E-state index >= 15 is 0 Å². The molecule has 0 amide bonds. The zero-order valence-corrected chi connectivity index (χ0v) is 9.95. The van der Waals surface area contributed by atoms with Gasteiger partial charge in [-0.15, -0.1) is 0 Å². The Morgan fingerprint density at radius 1 is 1.35 bits per heavy atom. The molecule has 1 heterocycles. The highest BCUT2D eigenvalue weighted by Gasteiger charge is 2.09. The van der Waals surface area contributed by atoms with Gasteiger partial charge < -0.3 is 14.9 Å². The van der Waals surface area contributed by atoms with Gasteiger partial charge in [0.25, 0.3) is 0 Å². The molecule has 1 aromatic heterocycles. The Kier molecular flexibility index (Phi) is 3.15. The van der Waals surface area contributed by atoms with Crippen LogP contribution in [0.2, 0.25) is 0 Å². The van der Waals surface area contributed by atoms with Crippen molar-refractivity contribution in [1.82, 2.24) is 0 Å². The molecule has 0 saturated heterocycles. The lowest BCUT2D eigenvalue weighted by Crippen LogP contribution is -2.11. The summed E-state index contributed by atoms with van der Waals surface area (Å²) < 4.78 is 11.1. The van der Waals surface area contributed by atoms with Crippen LogP contribution in [-0.4, -0.2) is 13.2 Å². The second-order valence-electron chi connectivity index (χ2n) is 3.92. The Balaban J connectivity index is 2.62. The van der Waals surface area contributed by atoms with Crippen LogP contribution in [0.25, 0.3) is 11.0 Å².